The molecule has 19 heteroatoms. The van der Waals surface area contributed by atoms with Crippen molar-refractivity contribution in [2.24, 2.45) is 23.7 Å². The maximum atomic E-state index is 14.2. The number of likely N-dealkylation sites (tertiary alicyclic amines) is 1. The number of nitrogens with zero attached hydrogens (tertiary/aromatic N) is 3. The third-order valence-corrected chi connectivity index (χ3v) is 12.5. The van der Waals surface area contributed by atoms with Gasteiger partial charge < -0.3 is 35.0 Å². The molecule has 1 fully saturated rings. The number of nitrogens with one attached hydrogen (secondary N) is 3. The maximum Gasteiger partial charge on any atom is 0.471 e. The number of sulfonamides is 1. The molecule has 332 valence electrons. The van der Waals surface area contributed by atoms with Crippen LogP contribution in [0.3, 0.4) is 0 Å². The van der Waals surface area contributed by atoms with E-state index in [1.54, 1.807) is 29.1 Å². The average Bonchev–Trinajstić information content (AvgIpc) is 3.62. The molecule has 2 rings (SSSR count). The summed E-state index contributed by atoms with van der Waals surface area (Å²) in [4.78, 5) is 57.7. The van der Waals surface area contributed by atoms with E-state index in [0.717, 1.165) is 24.3 Å². The summed E-state index contributed by atoms with van der Waals surface area (Å²) in [6, 6.07) is 1.52. The number of aliphatic hydroxyl groups excluding tert-OH is 1. The van der Waals surface area contributed by atoms with Crippen molar-refractivity contribution in [3.05, 3.63) is 24.3 Å². The van der Waals surface area contributed by atoms with E-state index in [9.17, 15) is 45.9 Å². The first-order valence-electron chi connectivity index (χ1n) is 19.6. The first-order valence-corrected chi connectivity index (χ1v) is 21.1. The Morgan fingerprint density at radius 2 is 1.55 bits per heavy atom. The molecule has 0 aromatic heterocycles. The number of carbonyl (C=O) groups is 4. The summed E-state index contributed by atoms with van der Waals surface area (Å²) in [7, 11) is 3.75. The highest BCUT2D eigenvalue weighted by atomic mass is 32.2. The monoisotopic (exact) mass is 850 g/mol. The molecule has 0 bridgehead atoms. The number of amides is 4. The number of benzene rings is 1. The van der Waals surface area contributed by atoms with Crippen LogP contribution in [0.25, 0.3) is 0 Å². The minimum Gasteiger partial charge on any atom is -0.379 e. The van der Waals surface area contributed by atoms with Crippen molar-refractivity contribution in [2.45, 2.75) is 128 Å². The molecule has 0 saturated carbocycles. The number of methoxy groups -OCH3 is 2. The van der Waals surface area contributed by atoms with Gasteiger partial charge in [-0.2, -0.15) is 17.9 Å². The van der Waals surface area contributed by atoms with Gasteiger partial charge >= 0.3 is 12.1 Å². The lowest BCUT2D eigenvalue weighted by molar-refractivity contribution is -0.167. The van der Waals surface area contributed by atoms with Gasteiger partial charge in [-0.15, -0.1) is 0 Å². The predicted molar refractivity (Wildman–Crippen MR) is 213 cm³/mol. The van der Waals surface area contributed by atoms with Crippen molar-refractivity contribution in [3.63, 3.8) is 0 Å². The second kappa shape index (κ2) is 21.8. The van der Waals surface area contributed by atoms with Crippen LogP contribution in [0.2, 0.25) is 0 Å². The highest BCUT2D eigenvalue weighted by Gasteiger charge is 2.44. The van der Waals surface area contributed by atoms with E-state index in [1.807, 2.05) is 60.5 Å². The van der Waals surface area contributed by atoms with Gasteiger partial charge in [0.25, 0.3) is 0 Å². The average molecular weight is 851 g/mol. The zero-order chi connectivity index (χ0) is 44.4. The first-order chi connectivity index (χ1) is 26.8. The molecule has 0 spiro atoms. The summed E-state index contributed by atoms with van der Waals surface area (Å²) in [6.45, 7) is 13.5. The zero-order valence-electron chi connectivity index (χ0n) is 35.8. The molecule has 1 heterocycles. The van der Waals surface area contributed by atoms with Crippen LogP contribution in [0.4, 0.5) is 18.9 Å². The number of rotatable bonds is 21. The Bertz CT molecular complexity index is 1620. The van der Waals surface area contributed by atoms with Gasteiger partial charge in [-0.3, -0.25) is 24.1 Å². The lowest BCUT2D eigenvalue weighted by Crippen LogP contribution is -2.59. The summed E-state index contributed by atoms with van der Waals surface area (Å²) in [5.41, 5.74) is -0.284. The number of alkyl halides is 3. The number of hydrogen-bond donors (Lipinski definition) is 4. The predicted octanol–water partition coefficient (Wildman–Crippen LogP) is 3.43. The molecular weight excluding hydrogens is 786 g/mol. The van der Waals surface area contributed by atoms with Crippen molar-refractivity contribution in [3.8, 4) is 0 Å². The van der Waals surface area contributed by atoms with Crippen LogP contribution >= 0.6 is 0 Å². The second-order valence-electron chi connectivity index (χ2n) is 16.1. The molecule has 1 aliphatic heterocycles. The van der Waals surface area contributed by atoms with Gasteiger partial charge in [-0.25, -0.2) is 8.42 Å². The fraction of sp³-hybridized carbons (Fsp3) is 0.744. The van der Waals surface area contributed by atoms with Gasteiger partial charge in [0.1, 0.15) is 12.3 Å². The Morgan fingerprint density at radius 3 is 2.02 bits per heavy atom. The number of carbonyl (C=O) groups excluding carboxylic acids is 4. The minimum atomic E-state index is -5.13. The van der Waals surface area contributed by atoms with Crippen LogP contribution in [0.1, 0.15) is 74.1 Å². The molecule has 1 aromatic carbocycles. The van der Waals surface area contributed by atoms with Gasteiger partial charge in [-0.1, -0.05) is 54.9 Å². The smallest absolute Gasteiger partial charge is 0.379 e. The Labute approximate surface area is 341 Å². The van der Waals surface area contributed by atoms with Crippen molar-refractivity contribution >= 4 is 39.3 Å². The standard InChI is InChI=1S/C39H65F3N6O9S/c1-13-24(6)33(47(10)37(52)31(22(2)3)44-36(51)32(23(4)5)46(8)9)29(56-11)21-30(49)48-20-14-15-28(48)34(57-12)25(7)35(50)45-58(54,55)27-18-16-26(17-19-27)43-38(53)39(40,41)42/h16-19,22-25,28-29,31-35,45,50H,13-15,20-21H2,1-12H3,(H,43,53)(H,44,51)/t24-,25+,28-,29+,31-,32-,33-,34+,35?/m0/s1. The van der Waals surface area contributed by atoms with Crippen molar-refractivity contribution in [2.75, 3.05) is 47.2 Å². The van der Waals surface area contributed by atoms with Crippen molar-refractivity contribution in [1.29, 1.82) is 0 Å². The molecule has 1 aliphatic rings. The summed E-state index contributed by atoms with van der Waals surface area (Å²) in [5.74, 6) is -4.33. The topological polar surface area (TPSA) is 187 Å². The molecule has 4 amide bonds. The Morgan fingerprint density at radius 1 is 0.966 bits per heavy atom. The van der Waals surface area contributed by atoms with E-state index in [-0.39, 0.29) is 52.5 Å². The van der Waals surface area contributed by atoms with Crippen LogP contribution in [-0.4, -0.2) is 143 Å². The van der Waals surface area contributed by atoms with Gasteiger partial charge in [0.15, 0.2) is 0 Å². The molecular formula is C39H65F3N6O9S. The third-order valence-electron chi connectivity index (χ3n) is 11.0. The second-order valence-corrected chi connectivity index (χ2v) is 17.8. The number of halogens is 3. The van der Waals surface area contributed by atoms with E-state index < -0.39 is 70.6 Å². The molecule has 1 unspecified atom stereocenters. The number of anilines is 1. The molecule has 4 N–H and O–H groups in total. The van der Waals surface area contributed by atoms with Gasteiger partial charge in [0.05, 0.1) is 41.6 Å². The summed E-state index contributed by atoms with van der Waals surface area (Å²) >= 11 is 0. The van der Waals surface area contributed by atoms with Crippen LogP contribution < -0.4 is 15.4 Å². The number of aliphatic hydroxyl groups is 1. The molecule has 0 aliphatic carbocycles. The fourth-order valence-corrected chi connectivity index (χ4v) is 8.89. The molecule has 1 saturated heterocycles. The highest BCUT2D eigenvalue weighted by molar-refractivity contribution is 7.89. The first kappa shape index (κ1) is 50.8. The SMILES string of the molecule is CC[C@H](C)[C@@H]([C@@H](CC(=O)N1CCC[C@H]1[C@H](OC)[C@@H](C)C(O)NS(=O)(=O)c1ccc(NC(=O)C(F)(F)F)cc1)OC)N(C)C(=O)[C@@H](NC(=O)[C@H](C(C)C)N(C)C)C(C)C. The summed E-state index contributed by atoms with van der Waals surface area (Å²) < 4.78 is 78.1. The molecule has 1 aromatic rings. The molecule has 15 nitrogen and oxygen atoms in total. The van der Waals surface area contributed by atoms with Gasteiger partial charge in [-0.05, 0) is 69.0 Å². The van der Waals surface area contributed by atoms with Crippen molar-refractivity contribution < 1.29 is 55.3 Å². The van der Waals surface area contributed by atoms with E-state index in [0.29, 0.717) is 25.8 Å². The minimum absolute atomic E-state index is 0.00418. The number of ether oxygens (including phenoxy) is 2. The van der Waals surface area contributed by atoms with E-state index in [4.69, 9.17) is 9.47 Å². The van der Waals surface area contributed by atoms with Crippen LogP contribution in [-0.2, 0) is 38.7 Å². The lowest BCUT2D eigenvalue weighted by Gasteiger charge is -2.41. The van der Waals surface area contributed by atoms with Gasteiger partial charge in [0.2, 0.25) is 27.7 Å². The lowest BCUT2D eigenvalue weighted by atomic mass is 9.89. The largest absolute Gasteiger partial charge is 0.471 e. The van der Waals surface area contributed by atoms with Crippen LogP contribution in [0.5, 0.6) is 0 Å². The Hall–Kier alpha value is -3.36. The van der Waals surface area contributed by atoms with E-state index in [1.165, 1.54) is 14.2 Å². The fourth-order valence-electron chi connectivity index (χ4n) is 7.72. The summed E-state index contributed by atoms with van der Waals surface area (Å²) in [5, 5.41) is 15.7. The quantitative estimate of drug-likeness (QED) is 0.134. The van der Waals surface area contributed by atoms with Crippen LogP contribution in [0, 0.1) is 23.7 Å². The Balaban J connectivity index is 2.27. The molecule has 58 heavy (non-hydrogen) atoms. The normalized spacial score (nSPS) is 19.3. The Kier molecular flexibility index (Phi) is 19.1. The highest BCUT2D eigenvalue weighted by Crippen LogP contribution is 2.31. The number of likely N-dealkylation sites (N-methyl/N-ethyl adjacent to an activating group) is 2. The maximum absolute atomic E-state index is 14.2. The zero-order valence-corrected chi connectivity index (χ0v) is 36.6. The molecule has 9 atom stereocenters. The molecule has 0 radical (unpaired) electrons. The van der Waals surface area contributed by atoms with E-state index >= 15 is 0 Å². The third kappa shape index (κ3) is 13.1. The van der Waals surface area contributed by atoms with Gasteiger partial charge in [0, 0.05) is 39.4 Å². The van der Waals surface area contributed by atoms with E-state index in [2.05, 4.69) is 10.0 Å². The summed E-state index contributed by atoms with van der Waals surface area (Å²) in [6.07, 6.45) is -6.77. The van der Waals surface area contributed by atoms with Crippen LogP contribution in [0.15, 0.2) is 29.2 Å². The van der Waals surface area contributed by atoms with Crippen molar-refractivity contribution in [1.82, 2.24) is 24.7 Å². The number of hydrogen-bond acceptors (Lipinski definition) is 10.